The van der Waals surface area contributed by atoms with E-state index in [0.29, 0.717) is 12.1 Å². The van der Waals surface area contributed by atoms with Gasteiger partial charge in [0.25, 0.3) is 5.69 Å². The van der Waals surface area contributed by atoms with Gasteiger partial charge in [0.1, 0.15) is 5.75 Å². The number of nitrogens with zero attached hydrogens (tertiary/aromatic N) is 1. The summed E-state index contributed by atoms with van der Waals surface area (Å²) < 4.78 is 65.1. The third kappa shape index (κ3) is 3.77. The van der Waals surface area contributed by atoms with Gasteiger partial charge >= 0.3 is 0 Å². The van der Waals surface area contributed by atoms with Crippen molar-refractivity contribution in [3.8, 4) is 0 Å². The molecule has 0 saturated carbocycles. The van der Waals surface area contributed by atoms with E-state index in [-0.39, 0.29) is 5.56 Å². The van der Waals surface area contributed by atoms with Crippen molar-refractivity contribution in [3.05, 3.63) is 69.5 Å². The number of benzene rings is 2. The fourth-order valence-corrected chi connectivity index (χ4v) is 3.04. The Labute approximate surface area is 128 Å². The molecule has 6 nitrogen and oxygen atoms in total. The summed E-state index contributed by atoms with van der Waals surface area (Å²) in [5, 5.41) is 10.8. The van der Waals surface area contributed by atoms with Crippen molar-refractivity contribution in [2.24, 2.45) is 0 Å². The molecule has 23 heavy (non-hydrogen) atoms. The zero-order valence-electron chi connectivity index (χ0n) is 11.3. The van der Waals surface area contributed by atoms with Crippen LogP contribution in [-0.4, -0.2) is 13.3 Å². The predicted molar refractivity (Wildman–Crippen MR) is 75.7 cm³/mol. The summed E-state index contributed by atoms with van der Waals surface area (Å²) >= 11 is 0. The summed E-state index contributed by atoms with van der Waals surface area (Å²) in [5.74, 6) is -5.82. The molecule has 0 aromatic heterocycles. The lowest BCUT2D eigenvalue weighted by Crippen LogP contribution is -2.17. The molecule has 2 aromatic rings. The Bertz CT molecular complexity index is 872. The third-order valence-electron chi connectivity index (χ3n) is 2.83. The third-order valence-corrected chi connectivity index (χ3v) is 4.06. The number of hydrogen-bond donors (Lipinski definition) is 1. The summed E-state index contributed by atoms with van der Waals surface area (Å²) in [6, 6.07) is 6.36. The van der Waals surface area contributed by atoms with Crippen molar-refractivity contribution in [1.82, 2.24) is 0 Å². The van der Waals surface area contributed by atoms with Gasteiger partial charge in [-0.1, -0.05) is 18.2 Å². The maximum atomic E-state index is 13.5. The topological polar surface area (TPSA) is 89.3 Å². The molecule has 2 rings (SSSR count). The van der Waals surface area contributed by atoms with E-state index in [1.807, 2.05) is 0 Å². The van der Waals surface area contributed by atoms with Crippen LogP contribution in [0, 0.1) is 27.6 Å². The highest BCUT2D eigenvalue weighted by Gasteiger charge is 2.22. The Balaban J connectivity index is 2.31. The minimum absolute atomic E-state index is 0.131. The number of nitro groups is 1. The van der Waals surface area contributed by atoms with Crippen LogP contribution < -0.4 is 4.72 Å². The fraction of sp³-hybridized carbons (Fsp3) is 0.0769. The summed E-state index contributed by atoms with van der Waals surface area (Å²) in [6.07, 6.45) is 0. The molecule has 0 fully saturated rings. The second-order valence-corrected chi connectivity index (χ2v) is 6.19. The van der Waals surface area contributed by atoms with Crippen molar-refractivity contribution in [1.29, 1.82) is 0 Å². The second-order valence-electron chi connectivity index (χ2n) is 4.47. The molecule has 10 heteroatoms. The molecular weight excluding hydrogens is 337 g/mol. The van der Waals surface area contributed by atoms with Crippen LogP contribution in [0.5, 0.6) is 0 Å². The first-order valence-electron chi connectivity index (χ1n) is 6.07. The highest BCUT2D eigenvalue weighted by atomic mass is 32.2. The average Bonchev–Trinajstić information content (AvgIpc) is 2.48. The molecule has 0 bridgehead atoms. The van der Waals surface area contributed by atoms with Crippen LogP contribution in [0.2, 0.25) is 0 Å². The smallest absolute Gasteiger partial charge is 0.273 e. The quantitative estimate of drug-likeness (QED) is 0.512. The Hall–Kier alpha value is -2.62. The van der Waals surface area contributed by atoms with Crippen molar-refractivity contribution in [2.45, 2.75) is 5.75 Å². The van der Waals surface area contributed by atoms with E-state index in [2.05, 4.69) is 0 Å². The van der Waals surface area contributed by atoms with E-state index >= 15 is 0 Å². The average molecular weight is 346 g/mol. The molecular formula is C13H9F3N2O4S. The molecule has 2 aromatic carbocycles. The van der Waals surface area contributed by atoms with Gasteiger partial charge in [-0.15, -0.1) is 0 Å². The van der Waals surface area contributed by atoms with Crippen LogP contribution in [0.25, 0.3) is 0 Å². The van der Waals surface area contributed by atoms with E-state index in [0.717, 1.165) is 6.07 Å². The Morgan fingerprint density at radius 1 is 1.04 bits per heavy atom. The molecule has 122 valence electrons. The number of para-hydroxylation sites is 1. The normalized spacial score (nSPS) is 11.3. The minimum Gasteiger partial charge on any atom is -0.280 e. The van der Waals surface area contributed by atoms with Gasteiger partial charge in [-0.2, -0.15) is 0 Å². The summed E-state index contributed by atoms with van der Waals surface area (Å²) in [4.78, 5) is 10.1. The first-order valence-corrected chi connectivity index (χ1v) is 7.73. The predicted octanol–water partition coefficient (Wildman–Crippen LogP) is 2.95. The minimum atomic E-state index is -4.28. The molecule has 0 atom stereocenters. The first-order chi connectivity index (χ1) is 10.7. The van der Waals surface area contributed by atoms with E-state index in [9.17, 15) is 31.7 Å². The highest BCUT2D eigenvalue weighted by molar-refractivity contribution is 7.91. The van der Waals surface area contributed by atoms with Gasteiger partial charge in [-0.05, 0) is 12.1 Å². The monoisotopic (exact) mass is 346 g/mol. The van der Waals surface area contributed by atoms with Crippen LogP contribution in [0.15, 0.2) is 36.4 Å². The highest BCUT2D eigenvalue weighted by Crippen LogP contribution is 2.24. The van der Waals surface area contributed by atoms with Gasteiger partial charge in [-0.3, -0.25) is 14.8 Å². The van der Waals surface area contributed by atoms with Crippen molar-refractivity contribution in [3.63, 3.8) is 0 Å². The first kappa shape index (κ1) is 16.7. The zero-order valence-corrected chi connectivity index (χ0v) is 12.1. The summed E-state index contributed by atoms with van der Waals surface area (Å²) in [5.41, 5.74) is -1.35. The largest absolute Gasteiger partial charge is 0.280 e. The number of hydrogen-bond acceptors (Lipinski definition) is 4. The molecule has 0 unspecified atom stereocenters. The molecule has 0 aliphatic carbocycles. The van der Waals surface area contributed by atoms with Crippen LogP contribution in [0.3, 0.4) is 0 Å². The molecule has 0 radical (unpaired) electrons. The van der Waals surface area contributed by atoms with Gasteiger partial charge in [-0.25, -0.2) is 21.6 Å². The molecule has 0 aliphatic rings. The molecule has 0 amide bonds. The van der Waals surface area contributed by atoms with Gasteiger partial charge in [0, 0.05) is 11.6 Å². The van der Waals surface area contributed by atoms with Gasteiger partial charge < -0.3 is 0 Å². The van der Waals surface area contributed by atoms with E-state index in [1.165, 1.54) is 18.2 Å². The van der Waals surface area contributed by atoms with Crippen molar-refractivity contribution < 1.29 is 26.5 Å². The lowest BCUT2D eigenvalue weighted by atomic mass is 10.2. The number of rotatable bonds is 5. The van der Waals surface area contributed by atoms with E-state index in [1.54, 1.807) is 4.72 Å². The number of halogens is 3. The number of nitro benzene ring substituents is 1. The zero-order chi connectivity index (χ0) is 17.2. The van der Waals surface area contributed by atoms with Crippen molar-refractivity contribution in [2.75, 3.05) is 4.72 Å². The Morgan fingerprint density at radius 2 is 1.70 bits per heavy atom. The summed E-state index contributed by atoms with van der Waals surface area (Å²) in [6.45, 7) is 0. The van der Waals surface area contributed by atoms with Crippen LogP contribution in [0.1, 0.15) is 5.56 Å². The maximum absolute atomic E-state index is 13.5. The Morgan fingerprint density at radius 3 is 2.35 bits per heavy atom. The standard InChI is InChI=1S/C13H9F3N2O4S/c14-9-5-6-10(13(16)12(9)15)17-23(21,22)7-8-3-1-2-4-11(8)18(19)20/h1-6,17H,7H2. The van der Waals surface area contributed by atoms with Crippen LogP contribution >= 0.6 is 0 Å². The van der Waals surface area contributed by atoms with Gasteiger partial charge in [0.15, 0.2) is 17.5 Å². The molecule has 1 N–H and O–H groups in total. The maximum Gasteiger partial charge on any atom is 0.273 e. The van der Waals surface area contributed by atoms with Crippen LogP contribution in [-0.2, 0) is 15.8 Å². The lowest BCUT2D eigenvalue weighted by molar-refractivity contribution is -0.385. The molecule has 0 spiro atoms. The van der Waals surface area contributed by atoms with E-state index < -0.39 is 49.5 Å². The molecule has 0 heterocycles. The summed E-state index contributed by atoms with van der Waals surface area (Å²) in [7, 11) is -4.28. The lowest BCUT2D eigenvalue weighted by Gasteiger charge is -2.10. The molecule has 0 saturated heterocycles. The van der Waals surface area contributed by atoms with Crippen molar-refractivity contribution >= 4 is 21.4 Å². The fourth-order valence-electron chi connectivity index (χ4n) is 1.82. The number of anilines is 1. The number of nitrogens with one attached hydrogen (secondary N) is 1. The van der Waals surface area contributed by atoms with Gasteiger partial charge in [0.2, 0.25) is 10.0 Å². The SMILES string of the molecule is O=[N+]([O-])c1ccccc1CS(=O)(=O)Nc1ccc(F)c(F)c1F. The Kier molecular flexibility index (Phi) is 4.55. The van der Waals surface area contributed by atoms with Gasteiger partial charge in [0.05, 0.1) is 10.6 Å². The molecule has 0 aliphatic heterocycles. The number of sulfonamides is 1. The van der Waals surface area contributed by atoms with Crippen LogP contribution in [0.4, 0.5) is 24.5 Å². The van der Waals surface area contributed by atoms with E-state index in [4.69, 9.17) is 0 Å². The second kappa shape index (κ2) is 6.24.